The van der Waals surface area contributed by atoms with Crippen molar-refractivity contribution in [2.75, 3.05) is 47.5 Å². The number of carboxylic acids is 1. The second-order valence-electron chi connectivity index (χ2n) is 26.9. The van der Waals surface area contributed by atoms with Crippen molar-refractivity contribution >= 4 is 17.9 Å². The molecule has 0 saturated heterocycles. The number of rotatable bonds is 71. The van der Waals surface area contributed by atoms with Gasteiger partial charge in [-0.05, 0) is 83.5 Å². The summed E-state index contributed by atoms with van der Waals surface area (Å²) in [5, 5.41) is 9.76. The van der Waals surface area contributed by atoms with Crippen LogP contribution in [0, 0.1) is 0 Å². The van der Waals surface area contributed by atoms with Gasteiger partial charge in [0.05, 0.1) is 34.4 Å². The predicted octanol–water partition coefficient (Wildman–Crippen LogP) is 24.0. The summed E-state index contributed by atoms with van der Waals surface area (Å²) in [6.45, 7) is 4.82. The van der Waals surface area contributed by atoms with Crippen LogP contribution in [-0.2, 0) is 33.3 Å². The maximum atomic E-state index is 13.0. The van der Waals surface area contributed by atoms with Crippen LogP contribution in [0.5, 0.6) is 0 Å². The van der Waals surface area contributed by atoms with E-state index in [1.807, 2.05) is 21.1 Å². The molecule has 0 aromatic carbocycles. The van der Waals surface area contributed by atoms with Crippen LogP contribution in [0.25, 0.3) is 0 Å². The zero-order valence-corrected chi connectivity index (χ0v) is 59.3. The lowest BCUT2D eigenvalue weighted by atomic mass is 10.0. The third kappa shape index (κ3) is 72.0. The van der Waals surface area contributed by atoms with E-state index in [1.54, 1.807) is 0 Å². The van der Waals surface area contributed by atoms with Crippen molar-refractivity contribution in [1.29, 1.82) is 0 Å². The minimum absolute atomic E-state index is 0.179. The molecular formula is C80H146NO8+. The van der Waals surface area contributed by atoms with Crippen molar-refractivity contribution in [2.45, 2.75) is 373 Å². The number of likely N-dealkylation sites (N-methyl/N-ethyl adjacent to an activating group) is 1. The molecule has 0 heterocycles. The predicted molar refractivity (Wildman–Crippen MR) is 383 cm³/mol. The number of allylic oxidation sites excluding steroid dienone is 12. The summed E-state index contributed by atoms with van der Waals surface area (Å²) in [5.41, 5.74) is 0. The fraction of sp³-hybridized carbons (Fsp3) is 0.812. The summed E-state index contributed by atoms with van der Waals surface area (Å²) in [7, 11) is 5.99. The van der Waals surface area contributed by atoms with Gasteiger partial charge in [0.2, 0.25) is 0 Å². The van der Waals surface area contributed by atoms with Crippen molar-refractivity contribution in [2.24, 2.45) is 0 Å². The Labute approximate surface area is 551 Å². The molecule has 0 aliphatic rings. The molecule has 1 N–H and O–H groups in total. The lowest BCUT2D eigenvalue weighted by molar-refractivity contribution is -0.870. The van der Waals surface area contributed by atoms with Crippen LogP contribution in [0.1, 0.15) is 361 Å². The molecule has 0 spiro atoms. The number of esters is 2. The number of unbranched alkanes of at least 4 members (excludes halogenated alkanes) is 44. The lowest BCUT2D eigenvalue weighted by Gasteiger charge is -2.25. The van der Waals surface area contributed by atoms with Crippen LogP contribution in [0.15, 0.2) is 72.9 Å². The number of carbonyl (C=O) groups is 3. The summed E-state index contributed by atoms with van der Waals surface area (Å²) in [6.07, 6.45) is 91.8. The van der Waals surface area contributed by atoms with Gasteiger partial charge in [-0.25, -0.2) is 4.79 Å². The van der Waals surface area contributed by atoms with Crippen molar-refractivity contribution in [3.63, 3.8) is 0 Å². The highest BCUT2D eigenvalue weighted by Gasteiger charge is 2.25. The fourth-order valence-electron chi connectivity index (χ4n) is 11.2. The molecule has 9 nitrogen and oxygen atoms in total. The fourth-order valence-corrected chi connectivity index (χ4v) is 11.2. The minimum atomic E-state index is -1.51. The molecule has 0 amide bonds. The Hall–Kier alpha value is -3.27. The first-order valence-corrected chi connectivity index (χ1v) is 38.1. The highest BCUT2D eigenvalue weighted by Crippen LogP contribution is 2.19. The Balaban J connectivity index is 4.03. The van der Waals surface area contributed by atoms with Gasteiger partial charge in [0.1, 0.15) is 13.2 Å². The first-order valence-electron chi connectivity index (χ1n) is 38.1. The molecule has 9 heteroatoms. The molecule has 89 heavy (non-hydrogen) atoms. The standard InChI is InChI=1S/C80H145NO8/c1-6-8-10-12-14-16-18-20-22-24-26-28-30-32-34-36-38-39-41-43-45-47-49-51-53-55-57-59-61-63-65-67-69-71-78(83)89-76(75-88-80(79(84)85)86-73-72-81(3,4)5)74-87-77(82)70-68-66-64-62-60-58-56-54-52-50-48-46-44-42-40-37-35-33-31-29-27-25-23-21-19-17-15-13-11-9-7-2/h8,10,14,16,20,22,25-28,32,34,76,80H,6-7,9,11-13,15,17-19,21,23-24,29-31,33,35-75H2,1-5H3/p+1/b10-8-,16-14-,22-20-,27-25-,28-26-,34-32-. The smallest absolute Gasteiger partial charge is 0.361 e. The van der Waals surface area contributed by atoms with E-state index in [-0.39, 0.29) is 38.2 Å². The average Bonchev–Trinajstić information content (AvgIpc) is 3.64. The number of ether oxygens (including phenoxy) is 4. The van der Waals surface area contributed by atoms with Gasteiger partial charge in [0.25, 0.3) is 6.29 Å². The number of nitrogens with zero attached hydrogens (tertiary/aromatic N) is 1. The van der Waals surface area contributed by atoms with Gasteiger partial charge in [-0.1, -0.05) is 337 Å². The quantitative estimate of drug-likeness (QED) is 0.0211. The third-order valence-corrected chi connectivity index (χ3v) is 16.9. The van der Waals surface area contributed by atoms with Gasteiger partial charge in [0.15, 0.2) is 6.10 Å². The number of hydrogen-bond donors (Lipinski definition) is 1. The number of aliphatic carboxylic acids is 1. The Morgan fingerprint density at radius 2 is 0.640 bits per heavy atom. The summed E-state index contributed by atoms with van der Waals surface area (Å²) in [4.78, 5) is 37.7. The third-order valence-electron chi connectivity index (χ3n) is 16.9. The molecule has 0 fully saturated rings. The van der Waals surface area contributed by atoms with Crippen molar-refractivity contribution in [1.82, 2.24) is 0 Å². The van der Waals surface area contributed by atoms with Crippen molar-refractivity contribution in [3.05, 3.63) is 72.9 Å². The van der Waals surface area contributed by atoms with Gasteiger partial charge in [-0.15, -0.1) is 0 Å². The molecule has 0 rings (SSSR count). The molecule has 0 aliphatic carbocycles. The van der Waals surface area contributed by atoms with Gasteiger partial charge >= 0.3 is 17.9 Å². The SMILES string of the molecule is CC/C=C\C/C=C\C/C=C\C/C=C\C/C=C\CCCCCCCCCCCCCCCCCCCC(=O)OC(COC(=O)CCCCCCCCCCCCCCCCCCCCC/C=C\CCCCCCCCCC)COC(OCC[N+](C)(C)C)C(=O)O. The summed E-state index contributed by atoms with van der Waals surface area (Å²) in [6, 6.07) is 0. The normalized spacial score (nSPS) is 13.0. The van der Waals surface area contributed by atoms with Gasteiger partial charge < -0.3 is 28.5 Å². The molecule has 0 aromatic heterocycles. The van der Waals surface area contributed by atoms with E-state index in [0.29, 0.717) is 17.4 Å². The molecule has 0 aliphatic heterocycles. The van der Waals surface area contributed by atoms with Crippen molar-refractivity contribution < 1.29 is 42.9 Å². The largest absolute Gasteiger partial charge is 0.477 e. The summed E-state index contributed by atoms with van der Waals surface area (Å²) in [5.74, 6) is -1.98. The Morgan fingerprint density at radius 1 is 0.348 bits per heavy atom. The van der Waals surface area contributed by atoms with Crippen molar-refractivity contribution in [3.8, 4) is 0 Å². The maximum absolute atomic E-state index is 13.0. The summed E-state index contributed by atoms with van der Waals surface area (Å²) >= 11 is 0. The second kappa shape index (κ2) is 70.6. The Kier molecular flexibility index (Phi) is 68.0. The average molecular weight is 1250 g/mol. The van der Waals surface area contributed by atoms with E-state index in [9.17, 15) is 19.5 Å². The van der Waals surface area contributed by atoms with Gasteiger partial charge in [-0.3, -0.25) is 9.59 Å². The van der Waals surface area contributed by atoms with E-state index in [1.165, 1.54) is 263 Å². The van der Waals surface area contributed by atoms with E-state index in [2.05, 4.69) is 86.8 Å². The van der Waals surface area contributed by atoms with E-state index < -0.39 is 18.4 Å². The highest BCUT2D eigenvalue weighted by atomic mass is 16.7. The van der Waals surface area contributed by atoms with E-state index in [0.717, 1.165) is 70.6 Å². The van der Waals surface area contributed by atoms with Crippen LogP contribution in [0.2, 0.25) is 0 Å². The molecule has 0 radical (unpaired) electrons. The molecule has 0 aromatic rings. The van der Waals surface area contributed by atoms with E-state index in [4.69, 9.17) is 18.9 Å². The number of carbonyl (C=O) groups excluding carboxylic acids is 2. The molecule has 2 unspecified atom stereocenters. The first-order chi connectivity index (χ1) is 43.6. The minimum Gasteiger partial charge on any atom is -0.477 e. The van der Waals surface area contributed by atoms with Crippen LogP contribution >= 0.6 is 0 Å². The van der Waals surface area contributed by atoms with E-state index >= 15 is 0 Å². The van der Waals surface area contributed by atoms with Gasteiger partial charge in [0, 0.05) is 12.8 Å². The zero-order valence-electron chi connectivity index (χ0n) is 59.3. The van der Waals surface area contributed by atoms with Gasteiger partial charge in [-0.2, -0.15) is 0 Å². The molecule has 518 valence electrons. The van der Waals surface area contributed by atoms with Crippen LogP contribution in [-0.4, -0.2) is 87.4 Å². The molecule has 0 bridgehead atoms. The first kappa shape index (κ1) is 85.7. The van der Waals surface area contributed by atoms with Crippen LogP contribution in [0.3, 0.4) is 0 Å². The number of hydrogen-bond acceptors (Lipinski definition) is 7. The molecule has 2 atom stereocenters. The molecule has 0 saturated carbocycles. The number of quaternary nitrogens is 1. The topological polar surface area (TPSA) is 108 Å². The summed E-state index contributed by atoms with van der Waals surface area (Å²) < 4.78 is 23.0. The Bertz CT molecular complexity index is 1690. The number of carboxylic acid groups (broad SMARTS) is 1. The second-order valence-corrected chi connectivity index (χ2v) is 26.9. The molecular weight excluding hydrogens is 1100 g/mol. The maximum Gasteiger partial charge on any atom is 0.361 e. The lowest BCUT2D eigenvalue weighted by Crippen LogP contribution is -2.40. The highest BCUT2D eigenvalue weighted by molar-refractivity contribution is 5.71. The monoisotopic (exact) mass is 1250 g/mol. The van der Waals surface area contributed by atoms with Crippen LogP contribution < -0.4 is 0 Å². The Morgan fingerprint density at radius 3 is 0.966 bits per heavy atom. The van der Waals surface area contributed by atoms with Crippen LogP contribution in [0.4, 0.5) is 0 Å². The zero-order chi connectivity index (χ0) is 64.7.